The lowest BCUT2D eigenvalue weighted by atomic mass is 9.54. The molecule has 0 aromatic heterocycles. The van der Waals surface area contributed by atoms with Crippen molar-refractivity contribution < 1.29 is 29.3 Å². The fraction of sp³-hybridized carbons (Fsp3) is 0.625. The lowest BCUT2D eigenvalue weighted by Gasteiger charge is -2.50. The van der Waals surface area contributed by atoms with Crippen LogP contribution in [0.3, 0.4) is 0 Å². The molecule has 0 spiro atoms. The monoisotopic (exact) mass is 414 g/mol. The van der Waals surface area contributed by atoms with Gasteiger partial charge in [-0.15, -0.1) is 0 Å². The zero-order valence-electron chi connectivity index (χ0n) is 18.1. The molecule has 2 N–H and O–H groups in total. The highest BCUT2D eigenvalue weighted by Crippen LogP contribution is 2.62. The third-order valence-electron chi connectivity index (χ3n) is 8.01. The van der Waals surface area contributed by atoms with Crippen LogP contribution in [0.4, 0.5) is 0 Å². The number of aromatic hydroxyl groups is 1. The fourth-order valence-corrected chi connectivity index (χ4v) is 6.72. The number of carbonyl (C=O) groups is 3. The van der Waals surface area contributed by atoms with Crippen LogP contribution in [0.15, 0.2) is 0 Å². The molecule has 0 saturated heterocycles. The molecule has 2 saturated carbocycles. The third-order valence-corrected chi connectivity index (χ3v) is 8.01. The quantitative estimate of drug-likeness (QED) is 0.441. The van der Waals surface area contributed by atoms with Crippen LogP contribution in [0.2, 0.25) is 0 Å². The van der Waals surface area contributed by atoms with Gasteiger partial charge in [0.25, 0.3) is 0 Å². The van der Waals surface area contributed by atoms with Gasteiger partial charge in [-0.1, -0.05) is 6.92 Å². The number of hydrogen-bond acceptors (Lipinski definition) is 6. The molecule has 4 rings (SSSR count). The Labute approximate surface area is 176 Å². The fourth-order valence-electron chi connectivity index (χ4n) is 6.72. The van der Waals surface area contributed by atoms with Gasteiger partial charge in [0.2, 0.25) is 0 Å². The van der Waals surface area contributed by atoms with E-state index in [9.17, 15) is 24.6 Å². The van der Waals surface area contributed by atoms with E-state index in [4.69, 9.17) is 4.74 Å². The van der Waals surface area contributed by atoms with Gasteiger partial charge in [-0.3, -0.25) is 14.4 Å². The molecule has 1 aromatic rings. The first-order valence-corrected chi connectivity index (χ1v) is 10.9. The number of benzene rings is 1. The summed E-state index contributed by atoms with van der Waals surface area (Å²) in [6, 6.07) is 0. The number of fused-ring (bicyclic) bond motifs is 5. The zero-order chi connectivity index (χ0) is 22.0. The van der Waals surface area contributed by atoms with Gasteiger partial charge >= 0.3 is 5.97 Å². The molecule has 3 aliphatic carbocycles. The summed E-state index contributed by atoms with van der Waals surface area (Å²) in [4.78, 5) is 37.0. The Morgan fingerprint density at radius 1 is 1.00 bits per heavy atom. The Morgan fingerprint density at radius 2 is 1.67 bits per heavy atom. The second kappa shape index (κ2) is 7.19. The normalized spacial score (nSPS) is 32.0. The molecule has 0 bridgehead atoms. The number of phenolic OH excluding ortho intramolecular Hbond substituents is 1. The average Bonchev–Trinajstić information content (AvgIpc) is 2.97. The zero-order valence-corrected chi connectivity index (χ0v) is 18.1. The minimum atomic E-state index is -0.649. The van der Waals surface area contributed by atoms with Crippen molar-refractivity contribution in [3.05, 3.63) is 22.3 Å². The first kappa shape index (κ1) is 21.0. The first-order chi connectivity index (χ1) is 14.1. The van der Waals surface area contributed by atoms with E-state index in [-0.39, 0.29) is 40.3 Å². The molecule has 0 amide bonds. The molecule has 0 heterocycles. The number of ether oxygens (including phenoxy) is 1. The van der Waals surface area contributed by atoms with Gasteiger partial charge in [0, 0.05) is 18.1 Å². The smallest absolute Gasteiger partial charge is 0.308 e. The summed E-state index contributed by atoms with van der Waals surface area (Å²) in [5, 5.41) is 21.6. The largest absolute Gasteiger partial charge is 0.504 e. The van der Waals surface area contributed by atoms with E-state index in [1.165, 1.54) is 20.8 Å². The Balaban J connectivity index is 1.93. The minimum absolute atomic E-state index is 0.00870. The van der Waals surface area contributed by atoms with Crippen molar-refractivity contribution in [2.75, 3.05) is 0 Å². The maximum Gasteiger partial charge on any atom is 0.308 e. The van der Waals surface area contributed by atoms with Crippen LogP contribution in [-0.2, 0) is 11.2 Å². The summed E-state index contributed by atoms with van der Waals surface area (Å²) in [5.41, 5.74) is 1.58. The molecule has 1 aromatic carbocycles. The Bertz CT molecular complexity index is 948. The number of carbonyl (C=O) groups excluding carboxylic acids is 3. The summed E-state index contributed by atoms with van der Waals surface area (Å²) in [7, 11) is 0. The molecular weight excluding hydrogens is 384 g/mol. The maximum absolute atomic E-state index is 12.8. The van der Waals surface area contributed by atoms with Crippen molar-refractivity contribution in [2.24, 2.45) is 17.3 Å². The van der Waals surface area contributed by atoms with E-state index in [1.807, 2.05) is 0 Å². The topological polar surface area (TPSA) is 101 Å². The average molecular weight is 414 g/mol. The summed E-state index contributed by atoms with van der Waals surface area (Å²) >= 11 is 0. The molecule has 2 fully saturated rings. The minimum Gasteiger partial charge on any atom is -0.504 e. The maximum atomic E-state index is 12.8. The van der Waals surface area contributed by atoms with E-state index in [1.54, 1.807) is 0 Å². The van der Waals surface area contributed by atoms with Crippen LogP contribution in [-0.4, -0.2) is 33.9 Å². The Morgan fingerprint density at radius 3 is 2.27 bits per heavy atom. The second-order valence-electron chi connectivity index (χ2n) is 9.58. The first-order valence-electron chi connectivity index (χ1n) is 10.9. The number of phenols is 1. The molecule has 30 heavy (non-hydrogen) atoms. The number of ketones is 2. The van der Waals surface area contributed by atoms with Gasteiger partial charge in [-0.2, -0.15) is 0 Å². The van der Waals surface area contributed by atoms with Gasteiger partial charge in [-0.25, -0.2) is 0 Å². The Kier molecular flexibility index (Phi) is 5.04. The SMILES string of the molecule is CC(=O)Oc1c(O)c2c(c(C(C)=O)c1C(C)=O)[C@H]1CC[C@]3(C)[C@@H](O)CC[C@H]3[C@@H]1CC2. The second-order valence-corrected chi connectivity index (χ2v) is 9.58. The van der Waals surface area contributed by atoms with Gasteiger partial charge in [0.15, 0.2) is 23.1 Å². The predicted octanol–water partition coefficient (Wildman–Crippen LogP) is 3.94. The lowest BCUT2D eigenvalue weighted by Crippen LogP contribution is -2.44. The lowest BCUT2D eigenvalue weighted by molar-refractivity contribution is -0.132. The van der Waals surface area contributed by atoms with Gasteiger partial charge < -0.3 is 14.9 Å². The van der Waals surface area contributed by atoms with Crippen molar-refractivity contribution in [3.63, 3.8) is 0 Å². The van der Waals surface area contributed by atoms with Crippen molar-refractivity contribution >= 4 is 17.5 Å². The van der Waals surface area contributed by atoms with E-state index in [2.05, 4.69) is 6.92 Å². The molecule has 6 heteroatoms. The number of Topliss-reactive ketones (excluding diaryl/α,β-unsaturated/α-hetero) is 2. The Hall–Kier alpha value is -2.21. The number of hydrogen-bond donors (Lipinski definition) is 2. The van der Waals surface area contributed by atoms with E-state index < -0.39 is 11.8 Å². The van der Waals surface area contributed by atoms with Crippen molar-refractivity contribution in [2.45, 2.75) is 78.2 Å². The van der Waals surface area contributed by atoms with Crippen LogP contribution in [0.1, 0.15) is 97.6 Å². The van der Waals surface area contributed by atoms with Crippen molar-refractivity contribution in [1.29, 1.82) is 0 Å². The van der Waals surface area contributed by atoms with E-state index >= 15 is 0 Å². The molecule has 6 nitrogen and oxygen atoms in total. The van der Waals surface area contributed by atoms with Crippen LogP contribution >= 0.6 is 0 Å². The molecule has 0 aliphatic heterocycles. The van der Waals surface area contributed by atoms with Gasteiger partial charge in [0.05, 0.1) is 11.7 Å². The molecular formula is C24H30O6. The standard InChI is InChI=1S/C24H30O6/c1-11(25)19-20(12(2)26)23(30-13(3)27)22(29)16-6-5-14-15(21(16)19)9-10-24(4)17(14)7-8-18(24)28/h14-15,17-18,28-29H,5-10H2,1-4H3/t14-,15+,17+,18+,24+/m1/s1. The highest BCUT2D eigenvalue weighted by molar-refractivity contribution is 6.11. The number of aliphatic hydroxyl groups is 1. The predicted molar refractivity (Wildman–Crippen MR) is 110 cm³/mol. The highest BCUT2D eigenvalue weighted by atomic mass is 16.5. The van der Waals surface area contributed by atoms with Crippen LogP contribution in [0, 0.1) is 17.3 Å². The number of aliphatic hydroxyl groups excluding tert-OH is 1. The van der Waals surface area contributed by atoms with Crippen LogP contribution in [0.25, 0.3) is 0 Å². The number of esters is 1. The van der Waals surface area contributed by atoms with E-state index in [0.29, 0.717) is 29.4 Å². The summed E-state index contributed by atoms with van der Waals surface area (Å²) in [6.07, 6.45) is 4.49. The van der Waals surface area contributed by atoms with Crippen LogP contribution < -0.4 is 4.74 Å². The third kappa shape index (κ3) is 2.91. The molecule has 3 aliphatic rings. The van der Waals surface area contributed by atoms with Gasteiger partial charge in [0.1, 0.15) is 0 Å². The molecule has 5 atom stereocenters. The van der Waals surface area contributed by atoms with Gasteiger partial charge in [-0.05, 0) is 81.1 Å². The van der Waals surface area contributed by atoms with Crippen molar-refractivity contribution in [1.82, 2.24) is 0 Å². The van der Waals surface area contributed by atoms with Crippen molar-refractivity contribution in [3.8, 4) is 11.5 Å². The summed E-state index contributed by atoms with van der Waals surface area (Å²) in [6.45, 7) is 6.13. The highest BCUT2D eigenvalue weighted by Gasteiger charge is 2.55. The van der Waals surface area contributed by atoms with E-state index in [0.717, 1.165) is 37.7 Å². The summed E-state index contributed by atoms with van der Waals surface area (Å²) in [5.74, 6) is -0.988. The molecule has 162 valence electrons. The summed E-state index contributed by atoms with van der Waals surface area (Å²) < 4.78 is 5.23. The number of rotatable bonds is 3. The molecule has 0 radical (unpaired) electrons. The molecule has 0 unspecified atom stereocenters. The van der Waals surface area contributed by atoms with Crippen LogP contribution in [0.5, 0.6) is 11.5 Å².